The lowest BCUT2D eigenvalue weighted by Gasteiger charge is -2.14. The van der Waals surface area contributed by atoms with Crippen molar-refractivity contribution in [3.05, 3.63) is 17.5 Å². The summed E-state index contributed by atoms with van der Waals surface area (Å²) in [6.07, 6.45) is 1.62. The Hall–Kier alpha value is -1.12. The molecule has 1 aromatic rings. The van der Waals surface area contributed by atoms with E-state index in [1.165, 1.54) is 5.69 Å². The highest BCUT2D eigenvalue weighted by atomic mass is 16.1. The Morgan fingerprint density at radius 3 is 2.93 bits per heavy atom. The molecule has 0 aliphatic carbocycles. The maximum Gasteiger partial charge on any atom is 0.135 e. The Bertz CT molecular complexity index is 377. The highest BCUT2D eigenvalue weighted by Crippen LogP contribution is 2.33. The van der Waals surface area contributed by atoms with Crippen molar-refractivity contribution in [2.75, 3.05) is 0 Å². The van der Waals surface area contributed by atoms with E-state index in [4.69, 9.17) is 0 Å². The lowest BCUT2D eigenvalue weighted by atomic mass is 9.88. The van der Waals surface area contributed by atoms with E-state index in [1.807, 2.05) is 4.68 Å². The predicted octanol–water partition coefficient (Wildman–Crippen LogP) is 1.70. The Kier molecular flexibility index (Phi) is 1.98. The quantitative estimate of drug-likeness (QED) is 0.714. The van der Waals surface area contributed by atoms with Gasteiger partial charge in [-0.15, -0.1) is 0 Å². The normalized spacial score (nSPS) is 18.2. The van der Waals surface area contributed by atoms with Gasteiger partial charge in [0.05, 0.1) is 12.1 Å². The van der Waals surface area contributed by atoms with Gasteiger partial charge in [-0.1, -0.05) is 13.8 Å². The molecule has 1 aliphatic heterocycles. The second-order valence-corrected chi connectivity index (χ2v) is 4.76. The Balaban J connectivity index is 2.30. The van der Waals surface area contributed by atoms with Gasteiger partial charge < -0.3 is 0 Å². The minimum atomic E-state index is 0.180. The second kappa shape index (κ2) is 2.94. The van der Waals surface area contributed by atoms with Crippen molar-refractivity contribution in [1.29, 1.82) is 0 Å². The molecule has 0 aromatic carbocycles. The highest BCUT2D eigenvalue weighted by Gasteiger charge is 2.31. The average molecular weight is 192 g/mol. The van der Waals surface area contributed by atoms with Gasteiger partial charge in [0, 0.05) is 17.7 Å². The van der Waals surface area contributed by atoms with Crippen molar-refractivity contribution in [3.8, 4) is 0 Å². The van der Waals surface area contributed by atoms with Crippen molar-refractivity contribution in [3.63, 3.8) is 0 Å². The monoisotopic (exact) mass is 192 g/mol. The van der Waals surface area contributed by atoms with Crippen LogP contribution in [0.15, 0.2) is 6.07 Å². The second-order valence-electron chi connectivity index (χ2n) is 4.76. The molecule has 3 nitrogen and oxygen atoms in total. The number of carbonyl (C=O) groups excluding carboxylic acids is 1. The van der Waals surface area contributed by atoms with E-state index in [0.29, 0.717) is 6.42 Å². The van der Waals surface area contributed by atoms with E-state index in [1.54, 1.807) is 6.92 Å². The van der Waals surface area contributed by atoms with Gasteiger partial charge in [0.2, 0.25) is 0 Å². The first-order valence-electron chi connectivity index (χ1n) is 5.06. The minimum absolute atomic E-state index is 0.180. The van der Waals surface area contributed by atoms with Crippen molar-refractivity contribution < 1.29 is 4.79 Å². The molecule has 0 spiro atoms. The van der Waals surface area contributed by atoms with Gasteiger partial charge in [0.15, 0.2) is 0 Å². The molecule has 0 saturated heterocycles. The summed E-state index contributed by atoms with van der Waals surface area (Å²) in [5.74, 6) is 0.180. The first-order chi connectivity index (χ1) is 6.49. The fourth-order valence-corrected chi connectivity index (χ4v) is 2.04. The van der Waals surface area contributed by atoms with Crippen LogP contribution in [0.25, 0.3) is 0 Å². The molecule has 14 heavy (non-hydrogen) atoms. The summed E-state index contributed by atoms with van der Waals surface area (Å²) < 4.78 is 2.04. The standard InChI is InChI=1S/C11H16N2O/c1-8(14)6-9-7-10-11(2,3)4-5-13(10)12-9/h7H,4-6H2,1-3H3. The summed E-state index contributed by atoms with van der Waals surface area (Å²) in [5.41, 5.74) is 2.41. The molecule has 0 amide bonds. The smallest absolute Gasteiger partial charge is 0.135 e. The maximum atomic E-state index is 11.0. The molecule has 0 saturated carbocycles. The number of ketones is 1. The number of aromatic nitrogens is 2. The molecule has 0 N–H and O–H groups in total. The summed E-state index contributed by atoms with van der Waals surface area (Å²) in [4.78, 5) is 11.0. The van der Waals surface area contributed by atoms with Crippen LogP contribution in [0.1, 0.15) is 38.6 Å². The maximum absolute atomic E-state index is 11.0. The van der Waals surface area contributed by atoms with Gasteiger partial charge >= 0.3 is 0 Å². The van der Waals surface area contributed by atoms with Gasteiger partial charge in [-0.05, 0) is 19.4 Å². The first-order valence-corrected chi connectivity index (χ1v) is 5.06. The topological polar surface area (TPSA) is 34.9 Å². The molecule has 0 atom stereocenters. The molecule has 0 unspecified atom stereocenters. The third-order valence-electron chi connectivity index (χ3n) is 2.90. The fraction of sp³-hybridized carbons (Fsp3) is 0.636. The van der Waals surface area contributed by atoms with Crippen molar-refractivity contribution in [1.82, 2.24) is 9.78 Å². The number of hydrogen-bond donors (Lipinski definition) is 0. The van der Waals surface area contributed by atoms with Gasteiger partial charge in [-0.2, -0.15) is 5.10 Å². The van der Waals surface area contributed by atoms with Gasteiger partial charge in [0.1, 0.15) is 5.78 Å². The van der Waals surface area contributed by atoms with Crippen LogP contribution in [0.4, 0.5) is 0 Å². The molecule has 1 aromatic heterocycles. The van der Waals surface area contributed by atoms with Crippen LogP contribution >= 0.6 is 0 Å². The molecule has 76 valence electrons. The number of hydrogen-bond acceptors (Lipinski definition) is 2. The largest absolute Gasteiger partial charge is 0.300 e. The molecule has 3 heteroatoms. The van der Waals surface area contributed by atoms with Crippen LogP contribution < -0.4 is 0 Å². The average Bonchev–Trinajstić information content (AvgIpc) is 2.53. The molecule has 0 radical (unpaired) electrons. The number of Topliss-reactive ketones (excluding diaryl/α,β-unsaturated/α-hetero) is 1. The predicted molar refractivity (Wildman–Crippen MR) is 54.3 cm³/mol. The van der Waals surface area contributed by atoms with E-state index >= 15 is 0 Å². The highest BCUT2D eigenvalue weighted by molar-refractivity contribution is 5.77. The van der Waals surface area contributed by atoms with E-state index in [9.17, 15) is 4.79 Å². The van der Waals surface area contributed by atoms with Crippen LogP contribution in [0, 0.1) is 0 Å². The molecular formula is C11H16N2O. The Labute approximate surface area is 84.1 Å². The third-order valence-corrected chi connectivity index (χ3v) is 2.90. The van der Waals surface area contributed by atoms with E-state index in [2.05, 4.69) is 25.0 Å². The zero-order valence-corrected chi connectivity index (χ0v) is 9.00. The zero-order chi connectivity index (χ0) is 10.3. The number of fused-ring (bicyclic) bond motifs is 1. The molecule has 0 fully saturated rings. The van der Waals surface area contributed by atoms with Gasteiger partial charge in [-0.25, -0.2) is 0 Å². The number of carbonyl (C=O) groups is 1. The summed E-state index contributed by atoms with van der Waals surface area (Å²) in [7, 11) is 0. The SMILES string of the molecule is CC(=O)Cc1cc2n(n1)CCC2(C)C. The Morgan fingerprint density at radius 2 is 2.36 bits per heavy atom. The minimum Gasteiger partial charge on any atom is -0.300 e. The first kappa shape index (κ1) is 9.44. The fourth-order valence-electron chi connectivity index (χ4n) is 2.04. The molecule has 2 rings (SSSR count). The molecular weight excluding hydrogens is 176 g/mol. The van der Waals surface area contributed by atoms with Crippen molar-refractivity contribution >= 4 is 5.78 Å². The van der Waals surface area contributed by atoms with E-state index in [0.717, 1.165) is 18.7 Å². The Morgan fingerprint density at radius 1 is 1.64 bits per heavy atom. The van der Waals surface area contributed by atoms with Gasteiger partial charge in [0.25, 0.3) is 0 Å². The number of rotatable bonds is 2. The molecule has 1 aliphatic rings. The summed E-state index contributed by atoms with van der Waals surface area (Å²) >= 11 is 0. The van der Waals surface area contributed by atoms with E-state index in [-0.39, 0.29) is 11.2 Å². The van der Waals surface area contributed by atoms with Crippen LogP contribution in [0.5, 0.6) is 0 Å². The zero-order valence-electron chi connectivity index (χ0n) is 9.00. The van der Waals surface area contributed by atoms with Crippen LogP contribution in [-0.4, -0.2) is 15.6 Å². The van der Waals surface area contributed by atoms with Gasteiger partial charge in [-0.3, -0.25) is 9.48 Å². The van der Waals surface area contributed by atoms with Crippen LogP contribution in [-0.2, 0) is 23.2 Å². The molecule has 2 heterocycles. The lowest BCUT2D eigenvalue weighted by Crippen LogP contribution is -2.11. The summed E-state index contributed by atoms with van der Waals surface area (Å²) in [6, 6.07) is 2.08. The van der Waals surface area contributed by atoms with Crippen LogP contribution in [0.2, 0.25) is 0 Å². The lowest BCUT2D eigenvalue weighted by molar-refractivity contribution is -0.116. The number of nitrogens with zero attached hydrogens (tertiary/aromatic N) is 2. The third kappa shape index (κ3) is 1.47. The van der Waals surface area contributed by atoms with Crippen molar-refractivity contribution in [2.45, 2.75) is 45.6 Å². The molecule has 0 bridgehead atoms. The van der Waals surface area contributed by atoms with E-state index < -0.39 is 0 Å². The summed E-state index contributed by atoms with van der Waals surface area (Å²) in [5, 5.41) is 4.42. The van der Waals surface area contributed by atoms with Crippen LogP contribution in [0.3, 0.4) is 0 Å². The van der Waals surface area contributed by atoms with Crippen molar-refractivity contribution in [2.24, 2.45) is 0 Å². The summed E-state index contributed by atoms with van der Waals surface area (Å²) in [6.45, 7) is 7.05. The number of aryl methyl sites for hydroxylation is 1.